The van der Waals surface area contributed by atoms with E-state index in [0.717, 1.165) is 5.56 Å². The van der Waals surface area contributed by atoms with Crippen LogP contribution in [0, 0.1) is 5.82 Å². The van der Waals surface area contributed by atoms with E-state index in [9.17, 15) is 12.8 Å². The highest BCUT2D eigenvalue weighted by atomic mass is 32.2. The summed E-state index contributed by atoms with van der Waals surface area (Å²) in [6.45, 7) is 3.60. The number of sulfonamides is 1. The first-order chi connectivity index (χ1) is 11.4. The highest BCUT2D eigenvalue weighted by molar-refractivity contribution is 8.00. The van der Waals surface area contributed by atoms with Crippen molar-refractivity contribution in [3.63, 3.8) is 0 Å². The van der Waals surface area contributed by atoms with Crippen molar-refractivity contribution in [1.29, 1.82) is 0 Å². The second kappa shape index (κ2) is 6.20. The molecule has 24 heavy (non-hydrogen) atoms. The summed E-state index contributed by atoms with van der Waals surface area (Å²) in [6, 6.07) is 14.8. The number of amidine groups is 1. The Morgan fingerprint density at radius 2 is 1.67 bits per heavy atom. The van der Waals surface area contributed by atoms with Gasteiger partial charge in [-0.05, 0) is 37.1 Å². The van der Waals surface area contributed by atoms with Crippen LogP contribution >= 0.6 is 0 Å². The molecule has 3 rings (SSSR count). The minimum atomic E-state index is -3.70. The summed E-state index contributed by atoms with van der Waals surface area (Å²) in [5.41, 5.74) is 1.97. The van der Waals surface area contributed by atoms with Crippen LogP contribution in [0.25, 0.3) is 4.91 Å². The number of hydrogen-bond donors (Lipinski definition) is 1. The molecular weight excluding hydrogens is 327 g/mol. The summed E-state index contributed by atoms with van der Waals surface area (Å²) in [5, 5.41) is 0. The third-order valence-corrected chi connectivity index (χ3v) is 5.45. The summed E-state index contributed by atoms with van der Waals surface area (Å²) in [6.07, 6.45) is 0. The van der Waals surface area contributed by atoms with Gasteiger partial charge in [0.05, 0.1) is 6.04 Å². The van der Waals surface area contributed by atoms with E-state index in [4.69, 9.17) is 0 Å². The fourth-order valence-electron chi connectivity index (χ4n) is 2.66. The standard InChI is InChI=1S/C18H17FN2O2S/c1-12-17(15-8-10-16(19)11-9-15)24(22,23)21-18(12)20-13(2)14-6-4-3-5-7-14/h3-11,13H,1-2H3,(H,20,21)/t13-/m0/s1. The monoisotopic (exact) mass is 344 g/mol. The fourth-order valence-corrected chi connectivity index (χ4v) is 4.17. The number of halogens is 1. The van der Waals surface area contributed by atoms with Crippen LogP contribution in [-0.4, -0.2) is 14.3 Å². The highest BCUT2D eigenvalue weighted by Crippen LogP contribution is 2.31. The Hall–Kier alpha value is -2.47. The van der Waals surface area contributed by atoms with Crippen molar-refractivity contribution in [3.8, 4) is 0 Å². The number of hydrogen-bond acceptors (Lipinski definition) is 3. The van der Waals surface area contributed by atoms with Crippen LogP contribution in [0.3, 0.4) is 0 Å². The van der Waals surface area contributed by atoms with Crippen molar-refractivity contribution < 1.29 is 12.8 Å². The van der Waals surface area contributed by atoms with Crippen LogP contribution in [0.2, 0.25) is 0 Å². The number of nitrogens with one attached hydrogen (secondary N) is 1. The van der Waals surface area contributed by atoms with Crippen molar-refractivity contribution in [3.05, 3.63) is 77.1 Å². The van der Waals surface area contributed by atoms with Gasteiger partial charge in [-0.15, -0.1) is 0 Å². The number of nitrogens with zero attached hydrogens (tertiary/aromatic N) is 1. The van der Waals surface area contributed by atoms with Crippen LogP contribution in [0.1, 0.15) is 31.0 Å². The largest absolute Gasteiger partial charge is 0.264 e. The molecule has 0 saturated carbocycles. The number of benzene rings is 2. The molecule has 2 aromatic rings. The van der Waals surface area contributed by atoms with Crippen molar-refractivity contribution in [2.45, 2.75) is 19.9 Å². The molecule has 0 fully saturated rings. The van der Waals surface area contributed by atoms with Crippen LogP contribution in [0.4, 0.5) is 4.39 Å². The number of aliphatic imine (C=N–C) groups is 1. The zero-order valence-electron chi connectivity index (χ0n) is 13.3. The van der Waals surface area contributed by atoms with E-state index in [1.165, 1.54) is 24.3 Å². The van der Waals surface area contributed by atoms with Crippen molar-refractivity contribution in [1.82, 2.24) is 4.72 Å². The molecule has 1 aliphatic rings. The Bertz CT molecular complexity index is 917. The minimum absolute atomic E-state index is 0.140. The Morgan fingerprint density at radius 3 is 2.29 bits per heavy atom. The average Bonchev–Trinajstić information content (AvgIpc) is 2.78. The SMILES string of the molecule is CC1=C(c2ccc(F)cc2)S(=O)(=O)NC1=N[C@@H](C)c1ccccc1. The van der Waals surface area contributed by atoms with E-state index in [1.807, 2.05) is 37.3 Å². The zero-order chi connectivity index (χ0) is 17.3. The van der Waals surface area contributed by atoms with Crippen LogP contribution in [0.15, 0.2) is 65.2 Å². The van der Waals surface area contributed by atoms with Gasteiger partial charge in [-0.2, -0.15) is 0 Å². The van der Waals surface area contributed by atoms with Crippen LogP contribution in [-0.2, 0) is 10.0 Å². The lowest BCUT2D eigenvalue weighted by molar-refractivity contribution is 0.603. The third-order valence-electron chi connectivity index (χ3n) is 3.91. The lowest BCUT2D eigenvalue weighted by atomic mass is 10.1. The zero-order valence-corrected chi connectivity index (χ0v) is 14.1. The van der Waals surface area contributed by atoms with Gasteiger partial charge in [0.2, 0.25) is 0 Å². The first-order valence-electron chi connectivity index (χ1n) is 7.51. The Kier molecular flexibility index (Phi) is 4.24. The normalized spacial score (nSPS) is 19.4. The fraction of sp³-hybridized carbons (Fsp3) is 0.167. The summed E-state index contributed by atoms with van der Waals surface area (Å²) in [7, 11) is -3.70. The lowest BCUT2D eigenvalue weighted by Crippen LogP contribution is -2.24. The van der Waals surface area contributed by atoms with Gasteiger partial charge in [-0.3, -0.25) is 9.71 Å². The molecule has 0 saturated heterocycles. The van der Waals surface area contributed by atoms with Gasteiger partial charge in [0.15, 0.2) is 0 Å². The number of rotatable bonds is 3. The van der Waals surface area contributed by atoms with Crippen LogP contribution < -0.4 is 4.72 Å². The highest BCUT2D eigenvalue weighted by Gasteiger charge is 2.32. The van der Waals surface area contributed by atoms with Gasteiger partial charge in [0.1, 0.15) is 16.6 Å². The van der Waals surface area contributed by atoms with Gasteiger partial charge < -0.3 is 0 Å². The Labute approximate surface area is 140 Å². The van der Waals surface area contributed by atoms with E-state index >= 15 is 0 Å². The maximum atomic E-state index is 13.1. The maximum absolute atomic E-state index is 13.1. The molecule has 0 aliphatic carbocycles. The molecule has 2 aromatic carbocycles. The molecule has 4 nitrogen and oxygen atoms in total. The molecule has 0 aromatic heterocycles. The first kappa shape index (κ1) is 16.4. The smallest absolute Gasteiger partial charge is 0.263 e. The van der Waals surface area contributed by atoms with Gasteiger partial charge in [0, 0.05) is 5.57 Å². The second-order valence-electron chi connectivity index (χ2n) is 5.63. The van der Waals surface area contributed by atoms with E-state index in [1.54, 1.807) is 6.92 Å². The Balaban J connectivity index is 2.03. The average molecular weight is 344 g/mol. The molecule has 6 heteroatoms. The molecule has 0 amide bonds. The summed E-state index contributed by atoms with van der Waals surface area (Å²) < 4.78 is 40.5. The second-order valence-corrected chi connectivity index (χ2v) is 7.25. The van der Waals surface area contributed by atoms with E-state index in [0.29, 0.717) is 17.0 Å². The van der Waals surface area contributed by atoms with Crippen molar-refractivity contribution in [2.75, 3.05) is 0 Å². The van der Waals surface area contributed by atoms with Crippen molar-refractivity contribution >= 4 is 20.8 Å². The van der Waals surface area contributed by atoms with Gasteiger partial charge in [0.25, 0.3) is 10.0 Å². The molecule has 0 spiro atoms. The molecule has 1 atom stereocenters. The predicted molar refractivity (Wildman–Crippen MR) is 93.3 cm³/mol. The summed E-state index contributed by atoms with van der Waals surface area (Å²) in [5.74, 6) is -0.0855. The molecule has 1 heterocycles. The molecule has 0 bridgehead atoms. The van der Waals surface area contributed by atoms with Gasteiger partial charge >= 0.3 is 0 Å². The minimum Gasteiger partial charge on any atom is -0.263 e. The molecule has 0 radical (unpaired) electrons. The topological polar surface area (TPSA) is 58.5 Å². The third kappa shape index (κ3) is 3.10. The molecule has 1 aliphatic heterocycles. The molecular formula is C18H17FN2O2S. The summed E-state index contributed by atoms with van der Waals surface area (Å²) in [4.78, 5) is 4.65. The first-order valence-corrected chi connectivity index (χ1v) is 8.99. The van der Waals surface area contributed by atoms with E-state index < -0.39 is 15.8 Å². The molecule has 0 unspecified atom stereocenters. The Morgan fingerprint density at radius 1 is 1.04 bits per heavy atom. The van der Waals surface area contributed by atoms with Crippen molar-refractivity contribution in [2.24, 2.45) is 4.99 Å². The van der Waals surface area contributed by atoms with Gasteiger partial charge in [-0.1, -0.05) is 42.5 Å². The summed E-state index contributed by atoms with van der Waals surface area (Å²) >= 11 is 0. The van der Waals surface area contributed by atoms with E-state index in [-0.39, 0.29) is 10.9 Å². The maximum Gasteiger partial charge on any atom is 0.264 e. The van der Waals surface area contributed by atoms with E-state index in [2.05, 4.69) is 9.71 Å². The van der Waals surface area contributed by atoms with Gasteiger partial charge in [-0.25, -0.2) is 12.8 Å². The van der Waals surface area contributed by atoms with Crippen LogP contribution in [0.5, 0.6) is 0 Å². The predicted octanol–water partition coefficient (Wildman–Crippen LogP) is 3.65. The lowest BCUT2D eigenvalue weighted by Gasteiger charge is -2.08. The quantitative estimate of drug-likeness (QED) is 0.924. The molecule has 1 N–H and O–H groups in total. The molecule has 124 valence electrons.